The summed E-state index contributed by atoms with van der Waals surface area (Å²) in [6.45, 7) is 1.25. The number of rotatable bonds is 7. The van der Waals surface area contributed by atoms with Crippen LogP contribution in [0.3, 0.4) is 0 Å². The summed E-state index contributed by atoms with van der Waals surface area (Å²) in [4.78, 5) is 18.2. The first-order valence-electron chi connectivity index (χ1n) is 9.21. The highest BCUT2D eigenvalue weighted by Gasteiger charge is 2.38. The molecule has 1 unspecified atom stereocenters. The SMILES string of the molecule is O=C1/C(=C\c2ccccc2Br)SC(c2ccccc2Br)N1NCCNc1nccs1. The average molecular weight is 566 g/mol. The van der Waals surface area contributed by atoms with Gasteiger partial charge in [-0.15, -0.1) is 11.3 Å². The number of amides is 1. The van der Waals surface area contributed by atoms with E-state index >= 15 is 0 Å². The Bertz CT molecular complexity index is 1060. The van der Waals surface area contributed by atoms with Crippen LogP contribution >= 0.6 is 55.0 Å². The van der Waals surface area contributed by atoms with Crippen LogP contribution in [-0.4, -0.2) is 29.0 Å². The molecule has 1 fully saturated rings. The van der Waals surface area contributed by atoms with Gasteiger partial charge in [-0.25, -0.2) is 10.4 Å². The topological polar surface area (TPSA) is 57.3 Å². The highest BCUT2D eigenvalue weighted by molar-refractivity contribution is 9.10. The molecule has 1 saturated heterocycles. The Kier molecular flexibility index (Phi) is 7.27. The van der Waals surface area contributed by atoms with Crippen molar-refractivity contribution in [2.24, 2.45) is 0 Å². The predicted octanol–water partition coefficient (Wildman–Crippen LogP) is 5.90. The highest BCUT2D eigenvalue weighted by Crippen LogP contribution is 2.47. The molecular weight excluding hydrogens is 548 g/mol. The molecule has 4 rings (SSSR count). The van der Waals surface area contributed by atoms with E-state index in [9.17, 15) is 4.79 Å². The fourth-order valence-corrected chi connectivity index (χ4v) is 5.82. The lowest BCUT2D eigenvalue weighted by atomic mass is 10.2. The third-order valence-corrected chi connectivity index (χ3v) is 7.79. The largest absolute Gasteiger partial charge is 0.360 e. The first-order valence-corrected chi connectivity index (χ1v) is 12.6. The Morgan fingerprint density at radius 3 is 2.57 bits per heavy atom. The van der Waals surface area contributed by atoms with Gasteiger partial charge in [0.1, 0.15) is 5.37 Å². The van der Waals surface area contributed by atoms with Crippen molar-refractivity contribution in [1.82, 2.24) is 15.4 Å². The lowest BCUT2D eigenvalue weighted by molar-refractivity contribution is -0.129. The predicted molar refractivity (Wildman–Crippen MR) is 132 cm³/mol. The summed E-state index contributed by atoms with van der Waals surface area (Å²) >= 11 is 10.3. The maximum absolute atomic E-state index is 13.3. The molecule has 1 aliphatic rings. The van der Waals surface area contributed by atoms with Crippen molar-refractivity contribution < 1.29 is 4.79 Å². The van der Waals surface area contributed by atoms with E-state index in [1.807, 2.05) is 60.0 Å². The van der Waals surface area contributed by atoms with Crippen LogP contribution in [0, 0.1) is 0 Å². The molecule has 1 aromatic heterocycles. The van der Waals surface area contributed by atoms with Crippen molar-refractivity contribution in [3.8, 4) is 0 Å². The molecule has 1 amide bonds. The van der Waals surface area contributed by atoms with Gasteiger partial charge in [-0.1, -0.05) is 80.0 Å². The molecule has 3 aromatic rings. The number of carbonyl (C=O) groups excluding carboxylic acids is 1. The van der Waals surface area contributed by atoms with Gasteiger partial charge >= 0.3 is 0 Å². The Labute approximate surface area is 200 Å². The lowest BCUT2D eigenvalue weighted by Gasteiger charge is -2.25. The number of benzene rings is 2. The van der Waals surface area contributed by atoms with Gasteiger partial charge in [0.05, 0.1) is 4.91 Å². The van der Waals surface area contributed by atoms with Crippen molar-refractivity contribution in [2.75, 3.05) is 18.4 Å². The molecule has 0 spiro atoms. The molecule has 1 aliphatic heterocycles. The molecule has 0 bridgehead atoms. The Morgan fingerprint density at radius 1 is 1.07 bits per heavy atom. The van der Waals surface area contributed by atoms with Gasteiger partial charge in [0.2, 0.25) is 0 Å². The van der Waals surface area contributed by atoms with Crippen LogP contribution in [0.4, 0.5) is 5.13 Å². The number of hydrogen-bond donors (Lipinski definition) is 2. The number of aromatic nitrogens is 1. The first-order chi connectivity index (χ1) is 14.6. The van der Waals surface area contributed by atoms with Crippen LogP contribution in [0.25, 0.3) is 6.08 Å². The summed E-state index contributed by atoms with van der Waals surface area (Å²) in [7, 11) is 0. The van der Waals surface area contributed by atoms with Gasteiger partial charge in [-0.3, -0.25) is 9.80 Å². The van der Waals surface area contributed by atoms with E-state index in [1.165, 1.54) is 0 Å². The molecule has 154 valence electrons. The molecule has 0 aliphatic carbocycles. The fraction of sp³-hybridized carbons (Fsp3) is 0.143. The highest BCUT2D eigenvalue weighted by atomic mass is 79.9. The van der Waals surface area contributed by atoms with Crippen LogP contribution < -0.4 is 10.7 Å². The van der Waals surface area contributed by atoms with E-state index in [2.05, 4.69) is 47.6 Å². The van der Waals surface area contributed by atoms with Crippen LogP contribution in [0.2, 0.25) is 0 Å². The number of halogens is 2. The Hall–Kier alpha value is -1.65. The minimum absolute atomic E-state index is 0.0363. The number of nitrogens with zero attached hydrogens (tertiary/aromatic N) is 2. The minimum atomic E-state index is -0.165. The average Bonchev–Trinajstić information content (AvgIpc) is 3.36. The number of carbonyl (C=O) groups is 1. The molecule has 1 atom stereocenters. The van der Waals surface area contributed by atoms with Crippen LogP contribution in [-0.2, 0) is 4.79 Å². The monoisotopic (exact) mass is 564 g/mol. The van der Waals surface area contributed by atoms with Crippen molar-refractivity contribution in [3.63, 3.8) is 0 Å². The zero-order valence-corrected chi connectivity index (χ0v) is 20.5. The standard InChI is InChI=1S/C21H18Br2N4OS2/c22-16-7-3-1-5-14(16)13-18-19(28)27(26-10-9-24-21-25-11-12-29-21)20(30-18)15-6-2-4-8-17(15)23/h1-8,11-13,20,26H,9-10H2,(H,24,25)/b18-13+. The van der Waals surface area contributed by atoms with Crippen molar-refractivity contribution in [1.29, 1.82) is 0 Å². The molecule has 5 nitrogen and oxygen atoms in total. The maximum atomic E-state index is 13.3. The van der Waals surface area contributed by atoms with Crippen molar-refractivity contribution in [2.45, 2.75) is 5.37 Å². The summed E-state index contributed by atoms with van der Waals surface area (Å²) in [6, 6.07) is 15.9. The van der Waals surface area contributed by atoms with E-state index < -0.39 is 0 Å². The normalized spacial score (nSPS) is 17.7. The third-order valence-electron chi connectivity index (χ3n) is 4.38. The molecular formula is C21H18Br2N4OS2. The molecule has 2 heterocycles. The van der Waals surface area contributed by atoms with Gasteiger partial charge in [-0.2, -0.15) is 0 Å². The summed E-state index contributed by atoms with van der Waals surface area (Å²) in [6.07, 6.45) is 3.71. The molecule has 0 saturated carbocycles. The molecule has 30 heavy (non-hydrogen) atoms. The Morgan fingerprint density at radius 2 is 1.83 bits per heavy atom. The van der Waals surface area contributed by atoms with E-state index in [0.717, 1.165) is 25.2 Å². The smallest absolute Gasteiger partial charge is 0.275 e. The van der Waals surface area contributed by atoms with Crippen LogP contribution in [0.15, 0.2) is 74.0 Å². The second-order valence-electron chi connectivity index (χ2n) is 6.37. The Balaban J connectivity index is 1.55. The van der Waals surface area contributed by atoms with E-state index in [0.29, 0.717) is 18.0 Å². The lowest BCUT2D eigenvalue weighted by Crippen LogP contribution is -2.42. The van der Waals surface area contributed by atoms with Gasteiger partial charge in [0.25, 0.3) is 5.91 Å². The van der Waals surface area contributed by atoms with E-state index in [-0.39, 0.29) is 11.3 Å². The van der Waals surface area contributed by atoms with E-state index in [4.69, 9.17) is 0 Å². The molecule has 2 aromatic carbocycles. The second-order valence-corrected chi connectivity index (χ2v) is 10.1. The number of hydrogen-bond acceptors (Lipinski definition) is 6. The number of thioether (sulfide) groups is 1. The molecule has 2 N–H and O–H groups in total. The van der Waals surface area contributed by atoms with Crippen LogP contribution in [0.5, 0.6) is 0 Å². The molecule has 9 heteroatoms. The second kappa shape index (κ2) is 10.1. The van der Waals surface area contributed by atoms with Crippen molar-refractivity contribution >= 4 is 72.1 Å². The van der Waals surface area contributed by atoms with Gasteiger partial charge < -0.3 is 5.32 Å². The zero-order valence-electron chi connectivity index (χ0n) is 15.7. The van der Waals surface area contributed by atoms with Gasteiger partial charge in [-0.05, 0) is 23.8 Å². The fourth-order valence-electron chi connectivity index (χ4n) is 2.97. The number of anilines is 1. The zero-order chi connectivity index (χ0) is 20.9. The summed E-state index contributed by atoms with van der Waals surface area (Å²) in [5.41, 5.74) is 5.33. The van der Waals surface area contributed by atoms with Gasteiger partial charge in [0.15, 0.2) is 5.13 Å². The number of hydrazine groups is 1. The quantitative estimate of drug-likeness (QED) is 0.276. The minimum Gasteiger partial charge on any atom is -0.360 e. The summed E-state index contributed by atoms with van der Waals surface area (Å²) < 4.78 is 1.94. The maximum Gasteiger partial charge on any atom is 0.275 e. The summed E-state index contributed by atoms with van der Waals surface area (Å²) in [5, 5.41) is 7.61. The number of nitrogens with one attached hydrogen (secondary N) is 2. The van der Waals surface area contributed by atoms with E-state index in [1.54, 1.807) is 34.3 Å². The van der Waals surface area contributed by atoms with Crippen LogP contribution in [0.1, 0.15) is 16.5 Å². The molecule has 0 radical (unpaired) electrons. The van der Waals surface area contributed by atoms with Crippen molar-refractivity contribution in [3.05, 3.63) is 85.1 Å². The summed E-state index contributed by atoms with van der Waals surface area (Å²) in [5.74, 6) is -0.0363. The number of thiazole rings is 1. The third kappa shape index (κ3) is 4.97. The first kappa shape index (κ1) is 21.6. The van der Waals surface area contributed by atoms with Gasteiger partial charge in [0, 0.05) is 39.2 Å².